The molecule has 2 aliphatic heterocycles. The lowest BCUT2D eigenvalue weighted by Crippen LogP contribution is -2.49. The van der Waals surface area contributed by atoms with Gasteiger partial charge in [0.2, 0.25) is 5.95 Å². The molecule has 1 amide bonds. The molecule has 11 heteroatoms. The van der Waals surface area contributed by atoms with E-state index < -0.39 is 0 Å². The van der Waals surface area contributed by atoms with Gasteiger partial charge in [-0.25, -0.2) is 18.6 Å². The summed E-state index contributed by atoms with van der Waals surface area (Å²) >= 11 is 0. The molecule has 0 bridgehead atoms. The van der Waals surface area contributed by atoms with Crippen LogP contribution in [-0.4, -0.2) is 70.0 Å². The molecule has 1 aromatic carbocycles. The van der Waals surface area contributed by atoms with Crippen LogP contribution in [0.2, 0.25) is 0 Å². The molecule has 168 valence electrons. The maximum atomic E-state index is 14.5. The third-order valence-electron chi connectivity index (χ3n) is 5.82. The van der Waals surface area contributed by atoms with Gasteiger partial charge in [0.15, 0.2) is 5.65 Å². The Bertz CT molecular complexity index is 1140. The van der Waals surface area contributed by atoms with Crippen LogP contribution in [0.1, 0.15) is 18.1 Å². The molecule has 0 spiro atoms. The summed E-state index contributed by atoms with van der Waals surface area (Å²) < 4.78 is 26.8. The number of hydrogen-bond donors (Lipinski definition) is 1. The molecule has 0 saturated carbocycles. The van der Waals surface area contributed by atoms with E-state index in [2.05, 4.69) is 25.4 Å². The zero-order chi connectivity index (χ0) is 22.1. The van der Waals surface area contributed by atoms with Gasteiger partial charge < -0.3 is 24.6 Å². The Hall–Kier alpha value is -3.63. The van der Waals surface area contributed by atoms with Crippen molar-refractivity contribution in [2.75, 3.05) is 49.6 Å². The fraction of sp³-hybridized carbons (Fsp3) is 0.429. The summed E-state index contributed by atoms with van der Waals surface area (Å²) in [5, 5.41) is 11.5. The lowest BCUT2D eigenvalue weighted by Gasteiger charge is -2.35. The topological polar surface area (TPSA) is 97.1 Å². The van der Waals surface area contributed by atoms with Crippen molar-refractivity contribution in [3.8, 4) is 5.75 Å². The summed E-state index contributed by atoms with van der Waals surface area (Å²) in [6.07, 6.45) is 3.72. The van der Waals surface area contributed by atoms with Crippen molar-refractivity contribution in [1.29, 1.82) is 0 Å². The van der Waals surface area contributed by atoms with Gasteiger partial charge in [0.1, 0.15) is 23.6 Å². The lowest BCUT2D eigenvalue weighted by atomic mass is 10.0. The Labute approximate surface area is 183 Å². The van der Waals surface area contributed by atoms with E-state index in [1.807, 2.05) is 0 Å². The van der Waals surface area contributed by atoms with Gasteiger partial charge >= 0.3 is 6.09 Å². The highest BCUT2D eigenvalue weighted by Crippen LogP contribution is 2.31. The lowest BCUT2D eigenvalue weighted by molar-refractivity contribution is 0.105. The van der Waals surface area contributed by atoms with Crippen LogP contribution in [-0.2, 0) is 17.7 Å². The molecule has 1 saturated heterocycles. The van der Waals surface area contributed by atoms with E-state index in [-0.39, 0.29) is 18.5 Å². The number of fused-ring (bicyclic) bond motifs is 2. The molecule has 1 N–H and O–H groups in total. The van der Waals surface area contributed by atoms with Crippen molar-refractivity contribution in [2.45, 2.75) is 19.9 Å². The molecule has 0 unspecified atom stereocenters. The first-order valence-corrected chi connectivity index (χ1v) is 10.7. The fourth-order valence-electron chi connectivity index (χ4n) is 4.18. The van der Waals surface area contributed by atoms with E-state index in [0.717, 1.165) is 17.0 Å². The maximum Gasteiger partial charge on any atom is 0.409 e. The van der Waals surface area contributed by atoms with Crippen LogP contribution < -0.4 is 15.0 Å². The minimum absolute atomic E-state index is 0.266. The number of benzene rings is 1. The second-order valence-electron chi connectivity index (χ2n) is 7.62. The van der Waals surface area contributed by atoms with E-state index in [0.29, 0.717) is 63.0 Å². The Morgan fingerprint density at radius 3 is 2.94 bits per heavy atom. The summed E-state index contributed by atoms with van der Waals surface area (Å²) in [6, 6.07) is 3.11. The Balaban J connectivity index is 1.33. The van der Waals surface area contributed by atoms with E-state index in [1.165, 1.54) is 6.07 Å². The van der Waals surface area contributed by atoms with Gasteiger partial charge in [-0.15, -0.1) is 10.2 Å². The number of rotatable bonds is 5. The average Bonchev–Trinajstić information content (AvgIpc) is 3.49. The second-order valence-corrected chi connectivity index (χ2v) is 7.62. The van der Waals surface area contributed by atoms with E-state index in [1.54, 1.807) is 34.8 Å². The van der Waals surface area contributed by atoms with Crippen LogP contribution in [0, 0.1) is 5.82 Å². The minimum atomic E-state index is -0.289. The summed E-state index contributed by atoms with van der Waals surface area (Å²) in [6.45, 7) is 5.38. The van der Waals surface area contributed by atoms with Gasteiger partial charge in [0.05, 0.1) is 19.4 Å². The number of halogens is 1. The minimum Gasteiger partial charge on any atom is -0.493 e. The number of amides is 1. The molecule has 5 rings (SSSR count). The molecule has 32 heavy (non-hydrogen) atoms. The predicted molar refractivity (Wildman–Crippen MR) is 115 cm³/mol. The molecule has 1 fully saturated rings. The third kappa shape index (κ3) is 3.63. The largest absolute Gasteiger partial charge is 0.493 e. The quantitative estimate of drug-likeness (QED) is 0.643. The summed E-state index contributed by atoms with van der Waals surface area (Å²) in [7, 11) is 0. The zero-order valence-corrected chi connectivity index (χ0v) is 17.8. The molecule has 2 aromatic heterocycles. The molecule has 0 radical (unpaired) electrons. The number of piperazine rings is 1. The van der Waals surface area contributed by atoms with Gasteiger partial charge in [-0.3, -0.25) is 0 Å². The first-order valence-electron chi connectivity index (χ1n) is 10.7. The summed E-state index contributed by atoms with van der Waals surface area (Å²) in [5.41, 5.74) is 2.96. The van der Waals surface area contributed by atoms with Gasteiger partial charge in [-0.1, -0.05) is 0 Å². The van der Waals surface area contributed by atoms with Crippen molar-refractivity contribution >= 4 is 23.4 Å². The van der Waals surface area contributed by atoms with Gasteiger partial charge in [0.25, 0.3) is 0 Å². The van der Waals surface area contributed by atoms with Gasteiger partial charge in [0, 0.05) is 50.3 Å². The summed E-state index contributed by atoms with van der Waals surface area (Å²) in [4.78, 5) is 20.3. The number of carbonyl (C=O) groups is 1. The number of ether oxygens (including phenoxy) is 2. The summed E-state index contributed by atoms with van der Waals surface area (Å²) in [5.74, 6) is 0.996. The highest BCUT2D eigenvalue weighted by atomic mass is 19.1. The first kappa shape index (κ1) is 20.3. The highest BCUT2D eigenvalue weighted by molar-refractivity contribution is 5.71. The number of aromatic nitrogens is 4. The fourth-order valence-corrected chi connectivity index (χ4v) is 4.18. The smallest absolute Gasteiger partial charge is 0.409 e. The normalized spacial score (nSPS) is 15.6. The molecule has 10 nitrogen and oxygen atoms in total. The van der Waals surface area contributed by atoms with Crippen molar-refractivity contribution in [3.63, 3.8) is 0 Å². The van der Waals surface area contributed by atoms with Crippen LogP contribution in [0.5, 0.6) is 5.75 Å². The Morgan fingerprint density at radius 1 is 1.28 bits per heavy atom. The van der Waals surface area contributed by atoms with Crippen molar-refractivity contribution < 1.29 is 18.7 Å². The van der Waals surface area contributed by atoms with Crippen molar-refractivity contribution in [2.24, 2.45) is 0 Å². The number of nitrogens with zero attached hydrogens (tertiary/aromatic N) is 6. The molecule has 4 heterocycles. The van der Waals surface area contributed by atoms with Crippen LogP contribution in [0.25, 0.3) is 5.65 Å². The van der Waals surface area contributed by atoms with Crippen LogP contribution in [0.3, 0.4) is 0 Å². The van der Waals surface area contributed by atoms with Crippen molar-refractivity contribution in [1.82, 2.24) is 24.5 Å². The number of carbonyl (C=O) groups excluding carboxylic acids is 1. The molecular weight excluding hydrogens is 417 g/mol. The molecule has 3 aromatic rings. The van der Waals surface area contributed by atoms with Crippen molar-refractivity contribution in [3.05, 3.63) is 41.6 Å². The SMILES string of the molecule is CCOC(=O)N1CCN(c2cnc(NCc3c(F)ccc4c3CCO4)n3cnnc23)CC1. The number of nitrogens with one attached hydrogen (secondary N) is 1. The van der Waals surface area contributed by atoms with E-state index in [9.17, 15) is 9.18 Å². The first-order chi connectivity index (χ1) is 15.7. The van der Waals surface area contributed by atoms with Crippen LogP contribution in [0.4, 0.5) is 20.8 Å². The molecular formula is C21H24FN7O3. The van der Waals surface area contributed by atoms with E-state index >= 15 is 0 Å². The standard InChI is InChI=1S/C21H24FN7O3/c1-2-31-21(30)28-8-6-27(7-9-28)17-12-24-20(29-13-25-26-19(17)29)23-11-15-14-5-10-32-18(14)4-3-16(15)22/h3-4,12-13H,2,5-11H2,1H3,(H,23,24). The zero-order valence-electron chi connectivity index (χ0n) is 17.8. The Morgan fingerprint density at radius 2 is 2.12 bits per heavy atom. The van der Waals surface area contributed by atoms with Gasteiger partial charge in [-0.05, 0) is 19.1 Å². The second kappa shape index (κ2) is 8.48. The molecule has 0 aliphatic carbocycles. The molecule has 0 atom stereocenters. The van der Waals surface area contributed by atoms with Crippen LogP contribution in [0.15, 0.2) is 24.7 Å². The third-order valence-corrected chi connectivity index (χ3v) is 5.82. The monoisotopic (exact) mass is 441 g/mol. The Kier molecular flexibility index (Phi) is 5.38. The number of hydrogen-bond acceptors (Lipinski definition) is 8. The molecule has 2 aliphatic rings. The van der Waals surface area contributed by atoms with Crippen LogP contribution >= 0.6 is 0 Å². The number of anilines is 2. The highest BCUT2D eigenvalue weighted by Gasteiger charge is 2.25. The average molecular weight is 441 g/mol. The van der Waals surface area contributed by atoms with E-state index in [4.69, 9.17) is 9.47 Å². The maximum absolute atomic E-state index is 14.5. The predicted octanol–water partition coefficient (Wildman–Crippen LogP) is 2.09. The van der Waals surface area contributed by atoms with Gasteiger partial charge in [-0.2, -0.15) is 0 Å².